The number of nitrogens with one attached hydrogen (secondary N) is 1. The van der Waals surface area contributed by atoms with Crippen LogP contribution < -0.4 is 11.1 Å². The van der Waals surface area contributed by atoms with Gasteiger partial charge in [-0.3, -0.25) is 4.79 Å². The number of nitrogens with two attached hydrogens (primary N) is 1. The molecule has 0 heterocycles. The molecule has 70 valence electrons. The lowest BCUT2D eigenvalue weighted by Crippen LogP contribution is -2.19. The number of rotatable bonds is 1. The van der Waals surface area contributed by atoms with Crippen LogP contribution in [0.4, 0.5) is 5.69 Å². The molecule has 0 atom stereocenters. The zero-order chi connectivity index (χ0) is 10.0. The fourth-order valence-electron chi connectivity index (χ4n) is 0.907. The molecule has 0 aliphatic rings. The maximum atomic E-state index is 11.3. The van der Waals surface area contributed by atoms with Crippen LogP contribution in [0.15, 0.2) is 16.6 Å². The summed E-state index contributed by atoms with van der Waals surface area (Å²) in [6.45, 7) is 0. The second-order valence-corrected chi connectivity index (χ2v) is 4.53. The van der Waals surface area contributed by atoms with Gasteiger partial charge in [-0.15, -0.1) is 0 Å². The third-order valence-electron chi connectivity index (χ3n) is 1.57. The molecule has 0 unspecified atom stereocenters. The van der Waals surface area contributed by atoms with Crippen molar-refractivity contribution in [3.63, 3.8) is 0 Å². The van der Waals surface area contributed by atoms with Crippen molar-refractivity contribution in [3.05, 3.63) is 25.7 Å². The molecule has 0 bridgehead atoms. The van der Waals surface area contributed by atoms with Crippen LogP contribution in [0.2, 0.25) is 0 Å². The molecule has 0 aliphatic heterocycles. The minimum absolute atomic E-state index is 0.170. The number of hydrogen-bond donors (Lipinski definition) is 2. The van der Waals surface area contributed by atoms with Gasteiger partial charge >= 0.3 is 0 Å². The van der Waals surface area contributed by atoms with Crippen molar-refractivity contribution in [1.82, 2.24) is 5.32 Å². The number of benzene rings is 1. The average Bonchev–Trinajstić information content (AvgIpc) is 2.10. The molecule has 0 saturated carbocycles. The Morgan fingerprint density at radius 3 is 2.77 bits per heavy atom. The summed E-state index contributed by atoms with van der Waals surface area (Å²) in [4.78, 5) is 11.3. The molecule has 3 N–H and O–H groups in total. The molecule has 0 aromatic heterocycles. The average molecular weight is 355 g/mol. The van der Waals surface area contributed by atoms with E-state index >= 15 is 0 Å². The lowest BCUT2D eigenvalue weighted by molar-refractivity contribution is 0.0964. The zero-order valence-corrected chi connectivity index (χ0v) is 10.6. The third kappa shape index (κ3) is 2.34. The fraction of sp³-hybridized carbons (Fsp3) is 0.125. The minimum atomic E-state index is -0.170. The van der Waals surface area contributed by atoms with Gasteiger partial charge in [0, 0.05) is 15.1 Å². The number of hydrogen-bond acceptors (Lipinski definition) is 2. The van der Waals surface area contributed by atoms with E-state index in [9.17, 15) is 4.79 Å². The summed E-state index contributed by atoms with van der Waals surface area (Å²) in [7, 11) is 1.58. The van der Waals surface area contributed by atoms with Crippen molar-refractivity contribution in [2.24, 2.45) is 0 Å². The van der Waals surface area contributed by atoms with Crippen LogP contribution in [-0.2, 0) is 0 Å². The third-order valence-corrected chi connectivity index (χ3v) is 2.84. The van der Waals surface area contributed by atoms with E-state index in [0.717, 1.165) is 8.04 Å². The molecule has 0 saturated heterocycles. The van der Waals surface area contributed by atoms with Crippen LogP contribution in [0.25, 0.3) is 0 Å². The largest absolute Gasteiger partial charge is 0.397 e. The second kappa shape index (κ2) is 4.28. The van der Waals surface area contributed by atoms with Crippen molar-refractivity contribution in [1.29, 1.82) is 0 Å². The normalized spacial score (nSPS) is 9.77. The summed E-state index contributed by atoms with van der Waals surface area (Å²) in [6.07, 6.45) is 0. The first-order valence-corrected chi connectivity index (χ1v) is 5.40. The number of nitrogen functional groups attached to an aromatic ring is 1. The summed E-state index contributed by atoms with van der Waals surface area (Å²) in [5, 5.41) is 2.53. The first-order valence-electron chi connectivity index (χ1n) is 3.53. The van der Waals surface area contributed by atoms with Gasteiger partial charge in [0.05, 0.1) is 11.3 Å². The van der Waals surface area contributed by atoms with Gasteiger partial charge < -0.3 is 11.1 Å². The number of anilines is 1. The summed E-state index contributed by atoms with van der Waals surface area (Å²) in [5.74, 6) is -0.170. The second-order valence-electron chi connectivity index (χ2n) is 2.43. The van der Waals surface area contributed by atoms with Gasteiger partial charge in [0.25, 0.3) is 5.91 Å². The molecule has 1 aromatic rings. The number of amides is 1. The maximum absolute atomic E-state index is 11.3. The highest BCUT2D eigenvalue weighted by atomic mass is 127. The van der Waals surface area contributed by atoms with Crippen LogP contribution >= 0.6 is 38.5 Å². The smallest absolute Gasteiger partial charge is 0.253 e. The molecule has 1 aromatic carbocycles. The van der Waals surface area contributed by atoms with E-state index in [-0.39, 0.29) is 5.91 Å². The van der Waals surface area contributed by atoms with Crippen molar-refractivity contribution < 1.29 is 4.79 Å². The maximum Gasteiger partial charge on any atom is 0.253 e. The molecule has 13 heavy (non-hydrogen) atoms. The Bertz CT molecular complexity index is 354. The molecule has 1 amide bonds. The van der Waals surface area contributed by atoms with Crippen LogP contribution in [0.3, 0.4) is 0 Å². The summed E-state index contributed by atoms with van der Waals surface area (Å²) >= 11 is 5.42. The predicted molar refractivity (Wildman–Crippen MR) is 64.7 cm³/mol. The highest BCUT2D eigenvalue weighted by Gasteiger charge is 2.11. The molecule has 1 rings (SSSR count). The first kappa shape index (κ1) is 10.8. The molecule has 0 fully saturated rings. The van der Waals surface area contributed by atoms with Crippen LogP contribution in [-0.4, -0.2) is 13.0 Å². The van der Waals surface area contributed by atoms with E-state index in [2.05, 4.69) is 43.8 Å². The molecule has 0 aliphatic carbocycles. The standard InChI is InChI=1S/C8H8BrIN2O/c1-12-8(13)5-2-4(10)3-6(9)7(5)11/h2-3H,11H2,1H3,(H,12,13). The van der Waals surface area contributed by atoms with Crippen molar-refractivity contribution in [3.8, 4) is 0 Å². The molecule has 3 nitrogen and oxygen atoms in total. The van der Waals surface area contributed by atoms with E-state index < -0.39 is 0 Å². The van der Waals surface area contributed by atoms with E-state index in [1.807, 2.05) is 6.07 Å². The highest BCUT2D eigenvalue weighted by molar-refractivity contribution is 14.1. The van der Waals surface area contributed by atoms with Crippen LogP contribution in [0, 0.1) is 3.57 Å². The zero-order valence-electron chi connectivity index (χ0n) is 6.90. The minimum Gasteiger partial charge on any atom is -0.397 e. The monoisotopic (exact) mass is 354 g/mol. The Hall–Kier alpha value is -0.300. The lowest BCUT2D eigenvalue weighted by Gasteiger charge is -2.06. The van der Waals surface area contributed by atoms with E-state index in [4.69, 9.17) is 5.73 Å². The molecule has 0 spiro atoms. The van der Waals surface area contributed by atoms with Gasteiger partial charge in [0.2, 0.25) is 0 Å². The predicted octanol–water partition coefficient (Wildman–Crippen LogP) is 2.00. The number of halogens is 2. The Kier molecular flexibility index (Phi) is 3.55. The lowest BCUT2D eigenvalue weighted by atomic mass is 10.2. The van der Waals surface area contributed by atoms with E-state index in [1.54, 1.807) is 13.1 Å². The van der Waals surface area contributed by atoms with Gasteiger partial charge in [-0.25, -0.2) is 0 Å². The summed E-state index contributed by atoms with van der Waals surface area (Å²) < 4.78 is 1.72. The van der Waals surface area contributed by atoms with Crippen molar-refractivity contribution in [2.45, 2.75) is 0 Å². The van der Waals surface area contributed by atoms with Gasteiger partial charge in [0.15, 0.2) is 0 Å². The fourth-order valence-corrected chi connectivity index (χ4v) is 2.42. The van der Waals surface area contributed by atoms with Gasteiger partial charge in [-0.05, 0) is 50.7 Å². The molecule has 5 heteroatoms. The van der Waals surface area contributed by atoms with Crippen LogP contribution in [0.5, 0.6) is 0 Å². The highest BCUT2D eigenvalue weighted by Crippen LogP contribution is 2.26. The Morgan fingerprint density at radius 2 is 2.23 bits per heavy atom. The van der Waals surface area contributed by atoms with Gasteiger partial charge in [-0.2, -0.15) is 0 Å². The Morgan fingerprint density at radius 1 is 1.62 bits per heavy atom. The Labute approximate surface area is 98.3 Å². The van der Waals surface area contributed by atoms with E-state index in [1.165, 1.54) is 0 Å². The quantitative estimate of drug-likeness (QED) is 0.598. The SMILES string of the molecule is CNC(=O)c1cc(I)cc(Br)c1N. The van der Waals surface area contributed by atoms with Crippen LogP contribution in [0.1, 0.15) is 10.4 Å². The topological polar surface area (TPSA) is 55.1 Å². The van der Waals surface area contributed by atoms with E-state index in [0.29, 0.717) is 11.3 Å². The molecule has 0 radical (unpaired) electrons. The molecular weight excluding hydrogens is 347 g/mol. The van der Waals surface area contributed by atoms with Crippen molar-refractivity contribution in [2.75, 3.05) is 12.8 Å². The Balaban J connectivity index is 3.28. The summed E-state index contributed by atoms with van der Waals surface area (Å²) in [5.41, 5.74) is 6.69. The number of carbonyl (C=O) groups is 1. The van der Waals surface area contributed by atoms with Gasteiger partial charge in [0.1, 0.15) is 0 Å². The summed E-state index contributed by atoms with van der Waals surface area (Å²) in [6, 6.07) is 3.61. The van der Waals surface area contributed by atoms with Gasteiger partial charge in [-0.1, -0.05) is 0 Å². The molecular formula is C8H8BrIN2O. The first-order chi connectivity index (χ1) is 6.06. The number of carbonyl (C=O) groups excluding carboxylic acids is 1. The van der Waals surface area contributed by atoms with Crippen molar-refractivity contribution >= 4 is 50.1 Å².